The van der Waals surface area contributed by atoms with Crippen LogP contribution in [0.5, 0.6) is 5.75 Å². The van der Waals surface area contributed by atoms with Crippen molar-refractivity contribution >= 4 is 39.2 Å². The number of hydrazone groups is 1. The standard InChI is InChI=1S/C20H25N3OS.BrH/c1-19(2)14-9-10-20(19,3)17(11-14)22-23-18-21-16(12-25-18)13-5-7-15(24-4)8-6-13;/h5-8,12,14H,9-11H2,1-4H3,(H,21,23);1H/b22-17+;. The lowest BCUT2D eigenvalue weighted by Gasteiger charge is -2.34. The van der Waals surface area contributed by atoms with E-state index in [-0.39, 0.29) is 22.4 Å². The second-order valence-corrected chi connectivity index (χ2v) is 8.79. The minimum atomic E-state index is 0. The minimum Gasteiger partial charge on any atom is -0.497 e. The van der Waals surface area contributed by atoms with E-state index in [9.17, 15) is 0 Å². The molecule has 6 heteroatoms. The molecular weight excluding hydrogens is 410 g/mol. The first kappa shape index (κ1) is 19.4. The molecule has 0 amide bonds. The lowest BCUT2D eigenvalue weighted by Crippen LogP contribution is -2.32. The maximum Gasteiger partial charge on any atom is 0.203 e. The number of ether oxygens (including phenoxy) is 1. The van der Waals surface area contributed by atoms with E-state index >= 15 is 0 Å². The summed E-state index contributed by atoms with van der Waals surface area (Å²) < 4.78 is 5.21. The van der Waals surface area contributed by atoms with Gasteiger partial charge in [-0.2, -0.15) is 5.10 Å². The average Bonchev–Trinajstić information content (AvgIpc) is 3.22. The van der Waals surface area contributed by atoms with Crippen LogP contribution in [0.3, 0.4) is 0 Å². The van der Waals surface area contributed by atoms with Gasteiger partial charge in [0.05, 0.1) is 12.8 Å². The molecule has 2 saturated carbocycles. The van der Waals surface area contributed by atoms with Crippen molar-refractivity contribution < 1.29 is 4.74 Å². The molecule has 1 aromatic carbocycles. The van der Waals surface area contributed by atoms with Crippen molar-refractivity contribution in [3.05, 3.63) is 29.6 Å². The van der Waals surface area contributed by atoms with Crippen LogP contribution in [0.25, 0.3) is 11.3 Å². The van der Waals surface area contributed by atoms with E-state index in [1.807, 2.05) is 24.3 Å². The molecule has 0 spiro atoms. The molecule has 2 bridgehead atoms. The predicted molar refractivity (Wildman–Crippen MR) is 115 cm³/mol. The Morgan fingerprint density at radius 2 is 1.96 bits per heavy atom. The third-order valence-corrected chi connectivity index (χ3v) is 7.44. The molecule has 2 aliphatic carbocycles. The first-order valence-electron chi connectivity index (χ1n) is 8.87. The van der Waals surface area contributed by atoms with Crippen LogP contribution in [-0.4, -0.2) is 17.8 Å². The molecule has 2 aliphatic rings. The van der Waals surface area contributed by atoms with Gasteiger partial charge in [-0.1, -0.05) is 20.8 Å². The Balaban J connectivity index is 0.00000196. The number of rotatable bonds is 4. The zero-order chi connectivity index (χ0) is 17.7. The summed E-state index contributed by atoms with van der Waals surface area (Å²) in [6.07, 6.45) is 3.70. The summed E-state index contributed by atoms with van der Waals surface area (Å²) in [6, 6.07) is 7.98. The van der Waals surface area contributed by atoms with Crippen molar-refractivity contribution in [3.63, 3.8) is 0 Å². The molecule has 4 nitrogen and oxygen atoms in total. The van der Waals surface area contributed by atoms with Crippen molar-refractivity contribution in [2.24, 2.45) is 21.8 Å². The number of anilines is 1. The van der Waals surface area contributed by atoms with E-state index in [4.69, 9.17) is 9.84 Å². The average molecular weight is 436 g/mol. The number of fused-ring (bicyclic) bond motifs is 2. The number of halogens is 1. The Bertz CT molecular complexity index is 815. The molecule has 1 aromatic heterocycles. The van der Waals surface area contributed by atoms with Gasteiger partial charge in [-0.3, -0.25) is 5.43 Å². The Kier molecular flexibility index (Phi) is 5.19. The van der Waals surface area contributed by atoms with Crippen LogP contribution in [0.2, 0.25) is 0 Å². The molecule has 0 saturated heterocycles. The zero-order valence-corrected chi connectivity index (χ0v) is 18.2. The molecule has 2 atom stereocenters. The highest BCUT2D eigenvalue weighted by molar-refractivity contribution is 8.93. The normalized spacial score (nSPS) is 27.4. The maximum atomic E-state index is 5.21. The summed E-state index contributed by atoms with van der Waals surface area (Å²) in [6.45, 7) is 7.18. The maximum absolute atomic E-state index is 5.21. The number of hydrogen-bond acceptors (Lipinski definition) is 5. The topological polar surface area (TPSA) is 46.5 Å². The van der Waals surface area contributed by atoms with Gasteiger partial charge in [0.25, 0.3) is 0 Å². The quantitative estimate of drug-likeness (QED) is 0.597. The number of aromatic nitrogens is 1. The van der Waals surface area contributed by atoms with Crippen molar-refractivity contribution in [1.29, 1.82) is 0 Å². The molecule has 1 heterocycles. The Labute approximate surface area is 169 Å². The lowest BCUT2D eigenvalue weighted by molar-refractivity contribution is 0.194. The second kappa shape index (κ2) is 6.97. The highest BCUT2D eigenvalue weighted by Gasteiger charge is 2.59. The summed E-state index contributed by atoms with van der Waals surface area (Å²) in [4.78, 5) is 4.68. The number of nitrogens with zero attached hydrogens (tertiary/aromatic N) is 2. The molecule has 0 radical (unpaired) electrons. The smallest absolute Gasteiger partial charge is 0.203 e. The highest BCUT2D eigenvalue weighted by atomic mass is 79.9. The van der Waals surface area contributed by atoms with E-state index in [0.717, 1.165) is 34.5 Å². The molecular formula is C20H26BrN3OS. The second-order valence-electron chi connectivity index (χ2n) is 7.93. The molecule has 2 aromatic rings. The summed E-state index contributed by atoms with van der Waals surface area (Å²) in [5.74, 6) is 1.63. The number of hydrogen-bond donors (Lipinski definition) is 1. The van der Waals surface area contributed by atoms with Gasteiger partial charge in [-0.05, 0) is 54.9 Å². The van der Waals surface area contributed by atoms with Gasteiger partial charge in [0.1, 0.15) is 5.75 Å². The van der Waals surface area contributed by atoms with Crippen molar-refractivity contribution in [3.8, 4) is 17.0 Å². The van der Waals surface area contributed by atoms with E-state index in [1.165, 1.54) is 18.6 Å². The third kappa shape index (κ3) is 2.97. The van der Waals surface area contributed by atoms with Crippen molar-refractivity contribution in [1.82, 2.24) is 4.98 Å². The van der Waals surface area contributed by atoms with Gasteiger partial charge in [0.2, 0.25) is 5.13 Å². The van der Waals surface area contributed by atoms with Crippen LogP contribution in [0.15, 0.2) is 34.7 Å². The summed E-state index contributed by atoms with van der Waals surface area (Å²) in [7, 11) is 1.68. The Hall–Kier alpha value is -1.40. The van der Waals surface area contributed by atoms with Crippen LogP contribution in [0.4, 0.5) is 5.13 Å². The molecule has 1 N–H and O–H groups in total. The van der Waals surface area contributed by atoms with Gasteiger partial charge < -0.3 is 4.74 Å². The molecule has 2 fully saturated rings. The Morgan fingerprint density at radius 3 is 2.54 bits per heavy atom. The molecule has 4 rings (SSSR count). The molecule has 2 unspecified atom stereocenters. The third-order valence-electron chi connectivity index (χ3n) is 6.69. The van der Waals surface area contributed by atoms with Crippen LogP contribution in [0.1, 0.15) is 40.0 Å². The summed E-state index contributed by atoms with van der Waals surface area (Å²) in [5.41, 5.74) is 7.16. The zero-order valence-electron chi connectivity index (χ0n) is 15.7. The fraction of sp³-hybridized carbons (Fsp3) is 0.500. The number of nitrogens with one attached hydrogen (secondary N) is 1. The first-order chi connectivity index (χ1) is 11.9. The van der Waals surface area contributed by atoms with Gasteiger partial charge in [-0.25, -0.2) is 4.98 Å². The van der Waals surface area contributed by atoms with Crippen molar-refractivity contribution in [2.75, 3.05) is 12.5 Å². The molecule has 140 valence electrons. The highest BCUT2D eigenvalue weighted by Crippen LogP contribution is 2.63. The van der Waals surface area contributed by atoms with Gasteiger partial charge in [0, 0.05) is 22.1 Å². The molecule has 26 heavy (non-hydrogen) atoms. The number of methoxy groups -OCH3 is 1. The monoisotopic (exact) mass is 435 g/mol. The Morgan fingerprint density at radius 1 is 1.23 bits per heavy atom. The fourth-order valence-electron chi connectivity index (χ4n) is 4.43. The van der Waals surface area contributed by atoms with Crippen molar-refractivity contribution in [2.45, 2.75) is 40.0 Å². The lowest BCUT2D eigenvalue weighted by atomic mass is 9.70. The van der Waals surface area contributed by atoms with Crippen LogP contribution < -0.4 is 10.2 Å². The van der Waals surface area contributed by atoms with Crippen LogP contribution >= 0.6 is 28.3 Å². The number of thiazole rings is 1. The van der Waals surface area contributed by atoms with Crippen LogP contribution in [-0.2, 0) is 0 Å². The van der Waals surface area contributed by atoms with Gasteiger partial charge >= 0.3 is 0 Å². The largest absolute Gasteiger partial charge is 0.497 e. The van der Waals surface area contributed by atoms with E-state index in [1.54, 1.807) is 18.4 Å². The summed E-state index contributed by atoms with van der Waals surface area (Å²) >= 11 is 1.60. The van der Waals surface area contributed by atoms with Gasteiger partial charge in [-0.15, -0.1) is 28.3 Å². The van der Waals surface area contributed by atoms with E-state index in [0.29, 0.717) is 5.41 Å². The SMILES string of the molecule is Br.COc1ccc(-c2csc(N/N=C3\CC4CCC3(C)C4(C)C)n2)cc1. The number of benzene rings is 1. The van der Waals surface area contributed by atoms with Crippen LogP contribution in [0, 0.1) is 16.7 Å². The molecule has 0 aliphatic heterocycles. The fourth-order valence-corrected chi connectivity index (χ4v) is 5.09. The predicted octanol–water partition coefficient (Wildman–Crippen LogP) is 6.01. The van der Waals surface area contributed by atoms with E-state index < -0.39 is 0 Å². The summed E-state index contributed by atoms with van der Waals surface area (Å²) in [5, 5.41) is 7.69. The van der Waals surface area contributed by atoms with Gasteiger partial charge in [0.15, 0.2) is 0 Å². The first-order valence-corrected chi connectivity index (χ1v) is 9.75. The van der Waals surface area contributed by atoms with E-state index in [2.05, 4.69) is 36.6 Å². The minimum absolute atomic E-state index is 0.